The molecule has 0 aliphatic rings. The summed E-state index contributed by atoms with van der Waals surface area (Å²) < 4.78 is 15.0. The van der Waals surface area contributed by atoms with E-state index in [0.717, 1.165) is 17.2 Å². The van der Waals surface area contributed by atoms with Crippen molar-refractivity contribution in [2.45, 2.75) is 13.8 Å². The van der Waals surface area contributed by atoms with Gasteiger partial charge in [0.25, 0.3) is 5.91 Å². The lowest BCUT2D eigenvalue weighted by Gasteiger charge is -2.17. The van der Waals surface area contributed by atoms with E-state index in [4.69, 9.17) is 31.8 Å². The molecule has 0 unspecified atom stereocenters. The third kappa shape index (κ3) is 9.13. The van der Waals surface area contributed by atoms with E-state index in [0.29, 0.717) is 16.9 Å². The van der Waals surface area contributed by atoms with Crippen molar-refractivity contribution >= 4 is 35.7 Å². The van der Waals surface area contributed by atoms with Gasteiger partial charge in [-0.25, -0.2) is 9.59 Å². The van der Waals surface area contributed by atoms with E-state index < -0.39 is 30.4 Å². The molecule has 0 aromatic heterocycles. The summed E-state index contributed by atoms with van der Waals surface area (Å²) in [5.41, 5.74) is 7.03. The van der Waals surface area contributed by atoms with Crippen molar-refractivity contribution in [2.24, 2.45) is 5.73 Å². The van der Waals surface area contributed by atoms with Gasteiger partial charge in [0.15, 0.2) is 6.61 Å². The zero-order chi connectivity index (χ0) is 28.1. The van der Waals surface area contributed by atoms with Crippen LogP contribution in [0.3, 0.4) is 0 Å². The summed E-state index contributed by atoms with van der Waals surface area (Å²) in [6.07, 6.45) is 8.80. The Hall–Kier alpha value is -5.17. The zero-order valence-electron chi connectivity index (χ0n) is 20.9. The van der Waals surface area contributed by atoms with Crippen LogP contribution < -0.4 is 10.5 Å². The van der Waals surface area contributed by atoms with Gasteiger partial charge in [-0.15, -0.1) is 6.42 Å². The molecule has 0 bridgehead atoms. The maximum Gasteiger partial charge on any atom is 0.343 e. The van der Waals surface area contributed by atoms with Crippen molar-refractivity contribution < 1.29 is 33.4 Å². The highest BCUT2D eigenvalue weighted by Crippen LogP contribution is 2.16. The molecule has 2 aromatic rings. The van der Waals surface area contributed by atoms with Crippen LogP contribution in [0, 0.1) is 17.8 Å². The Morgan fingerprint density at radius 3 is 2.24 bits per heavy atom. The largest absolute Gasteiger partial charge is 0.463 e. The molecule has 2 rings (SSSR count). The molecular formula is C28H27N3O7. The van der Waals surface area contributed by atoms with Crippen LogP contribution in [0.25, 0.3) is 6.08 Å². The second-order valence-corrected chi connectivity index (χ2v) is 7.64. The summed E-state index contributed by atoms with van der Waals surface area (Å²) in [6.45, 7) is 2.59. The quantitative estimate of drug-likeness (QED) is 0.115. The molecule has 0 saturated carbocycles. The number of nitrogens with one attached hydrogen (secondary N) is 1. The van der Waals surface area contributed by atoms with Crippen LogP contribution in [0.15, 0.2) is 66.4 Å². The Kier molecular flexibility index (Phi) is 11.0. The van der Waals surface area contributed by atoms with Gasteiger partial charge in [0.1, 0.15) is 18.1 Å². The van der Waals surface area contributed by atoms with E-state index in [-0.39, 0.29) is 30.2 Å². The van der Waals surface area contributed by atoms with Crippen LogP contribution in [0.4, 0.5) is 0 Å². The monoisotopic (exact) mass is 517 g/mol. The minimum Gasteiger partial charge on any atom is -0.463 e. The van der Waals surface area contributed by atoms with Crippen molar-refractivity contribution in [1.82, 2.24) is 4.90 Å². The van der Waals surface area contributed by atoms with Crippen molar-refractivity contribution in [3.05, 3.63) is 83.1 Å². The third-order valence-electron chi connectivity index (χ3n) is 4.80. The SMILES string of the molecule is C#CCOC(=O)CN(C=CC(=O)OCC)C(=O)C(C)=Cc1ccc(C(=O)Oc2ccc(C(=N)N)cc2)cc1. The van der Waals surface area contributed by atoms with Gasteiger partial charge >= 0.3 is 17.9 Å². The number of rotatable bonds is 11. The van der Waals surface area contributed by atoms with Crippen LogP contribution in [0.2, 0.25) is 0 Å². The number of ether oxygens (including phenoxy) is 3. The first kappa shape index (κ1) is 29.1. The van der Waals surface area contributed by atoms with E-state index in [9.17, 15) is 19.2 Å². The highest BCUT2D eigenvalue weighted by atomic mass is 16.5. The molecule has 196 valence electrons. The van der Waals surface area contributed by atoms with Gasteiger partial charge in [0.2, 0.25) is 0 Å². The summed E-state index contributed by atoms with van der Waals surface area (Å²) in [5.74, 6) is -0.236. The second-order valence-electron chi connectivity index (χ2n) is 7.64. The smallest absolute Gasteiger partial charge is 0.343 e. The van der Waals surface area contributed by atoms with E-state index in [1.54, 1.807) is 37.3 Å². The molecule has 0 heterocycles. The average Bonchev–Trinajstić information content (AvgIpc) is 2.90. The molecule has 0 radical (unpaired) electrons. The minimum atomic E-state index is -0.753. The average molecular weight is 518 g/mol. The first-order chi connectivity index (χ1) is 18.1. The number of nitrogen functional groups attached to an aromatic ring is 1. The molecule has 0 fully saturated rings. The van der Waals surface area contributed by atoms with E-state index in [2.05, 4.69) is 5.92 Å². The molecule has 0 saturated heterocycles. The lowest BCUT2D eigenvalue weighted by molar-refractivity contribution is -0.146. The summed E-state index contributed by atoms with van der Waals surface area (Å²) in [4.78, 5) is 50.1. The number of carbonyl (C=O) groups excluding carboxylic acids is 4. The first-order valence-electron chi connectivity index (χ1n) is 11.3. The maximum absolute atomic E-state index is 13.0. The van der Waals surface area contributed by atoms with Crippen molar-refractivity contribution in [3.8, 4) is 18.1 Å². The highest BCUT2D eigenvalue weighted by molar-refractivity contribution is 6.00. The van der Waals surface area contributed by atoms with Crippen molar-refractivity contribution in [2.75, 3.05) is 19.8 Å². The van der Waals surface area contributed by atoms with Crippen LogP contribution in [0.1, 0.15) is 35.3 Å². The normalized spacial score (nSPS) is 10.8. The molecule has 0 spiro atoms. The Morgan fingerprint density at radius 1 is 1.03 bits per heavy atom. The predicted octanol–water partition coefficient (Wildman–Crippen LogP) is 2.67. The molecule has 1 amide bonds. The van der Waals surface area contributed by atoms with Gasteiger partial charge < -0.3 is 24.8 Å². The third-order valence-corrected chi connectivity index (χ3v) is 4.80. The molecule has 0 atom stereocenters. The number of terminal acetylenes is 1. The number of hydrogen-bond acceptors (Lipinski definition) is 8. The van der Waals surface area contributed by atoms with E-state index in [1.165, 1.54) is 31.2 Å². The van der Waals surface area contributed by atoms with Crippen LogP contribution >= 0.6 is 0 Å². The molecule has 3 N–H and O–H groups in total. The predicted molar refractivity (Wildman–Crippen MR) is 140 cm³/mol. The summed E-state index contributed by atoms with van der Waals surface area (Å²) in [6, 6.07) is 12.5. The molecular weight excluding hydrogens is 490 g/mol. The second kappa shape index (κ2) is 14.4. The van der Waals surface area contributed by atoms with Gasteiger partial charge in [-0.1, -0.05) is 18.1 Å². The van der Waals surface area contributed by atoms with Gasteiger partial charge in [0.05, 0.1) is 12.2 Å². The molecule has 10 nitrogen and oxygen atoms in total. The molecule has 10 heteroatoms. The standard InChI is InChI=1S/C28H27N3O7/c1-4-16-37-25(33)18-31(15-14-24(32)36-5-2)27(34)19(3)17-20-6-8-22(9-7-20)28(35)38-23-12-10-21(11-13-23)26(29)30/h1,6-15,17H,5,16,18H2,2-3H3,(H3,29,30). The number of benzene rings is 2. The molecule has 2 aromatic carbocycles. The number of hydrogen-bond donors (Lipinski definition) is 2. The Balaban J connectivity index is 2.13. The summed E-state index contributed by atoms with van der Waals surface area (Å²) >= 11 is 0. The molecule has 0 aliphatic carbocycles. The zero-order valence-corrected chi connectivity index (χ0v) is 20.9. The highest BCUT2D eigenvalue weighted by Gasteiger charge is 2.18. The number of nitrogens with two attached hydrogens (primary N) is 1. The van der Waals surface area contributed by atoms with Gasteiger partial charge in [-0.05, 0) is 61.9 Å². The number of nitrogens with zero attached hydrogens (tertiary/aromatic N) is 1. The fraction of sp³-hybridized carbons (Fsp3) is 0.179. The van der Waals surface area contributed by atoms with Gasteiger partial charge in [0, 0.05) is 23.4 Å². The number of amidine groups is 1. The van der Waals surface area contributed by atoms with Crippen LogP contribution in [-0.2, 0) is 23.9 Å². The summed E-state index contributed by atoms with van der Waals surface area (Å²) in [7, 11) is 0. The van der Waals surface area contributed by atoms with Crippen molar-refractivity contribution in [1.29, 1.82) is 5.41 Å². The van der Waals surface area contributed by atoms with Crippen LogP contribution in [-0.4, -0.2) is 54.3 Å². The van der Waals surface area contributed by atoms with E-state index >= 15 is 0 Å². The lowest BCUT2D eigenvalue weighted by Crippen LogP contribution is -2.33. The Morgan fingerprint density at radius 2 is 1.66 bits per heavy atom. The van der Waals surface area contributed by atoms with Crippen LogP contribution in [0.5, 0.6) is 5.75 Å². The van der Waals surface area contributed by atoms with Gasteiger partial charge in [-0.3, -0.25) is 15.0 Å². The lowest BCUT2D eigenvalue weighted by atomic mass is 10.1. The van der Waals surface area contributed by atoms with Crippen molar-refractivity contribution in [3.63, 3.8) is 0 Å². The van der Waals surface area contributed by atoms with Gasteiger partial charge in [-0.2, -0.15) is 0 Å². The summed E-state index contributed by atoms with van der Waals surface area (Å²) in [5, 5.41) is 7.40. The topological polar surface area (TPSA) is 149 Å². The molecule has 38 heavy (non-hydrogen) atoms. The number of amides is 1. The Bertz CT molecular complexity index is 1290. The van der Waals surface area contributed by atoms with E-state index in [1.807, 2.05) is 0 Å². The molecule has 0 aliphatic heterocycles. The fourth-order valence-electron chi connectivity index (χ4n) is 2.96. The number of esters is 3. The maximum atomic E-state index is 13.0. The Labute approximate surface area is 220 Å². The number of carbonyl (C=O) groups is 4. The first-order valence-corrected chi connectivity index (χ1v) is 11.3. The fourth-order valence-corrected chi connectivity index (χ4v) is 2.96. The minimum absolute atomic E-state index is 0.0951.